The third-order valence-electron chi connectivity index (χ3n) is 5.82. The molecule has 1 unspecified atom stereocenters. The van der Waals surface area contributed by atoms with Crippen molar-refractivity contribution < 1.29 is 9.59 Å². The summed E-state index contributed by atoms with van der Waals surface area (Å²) in [6.07, 6.45) is 2.13. The van der Waals surface area contributed by atoms with Gasteiger partial charge in [-0.3, -0.25) is 9.59 Å². The van der Waals surface area contributed by atoms with E-state index in [0.717, 1.165) is 18.4 Å². The maximum Gasteiger partial charge on any atom is 0.223 e. The van der Waals surface area contributed by atoms with E-state index in [1.54, 1.807) is 11.3 Å². The van der Waals surface area contributed by atoms with Gasteiger partial charge in [0, 0.05) is 30.8 Å². The zero-order valence-corrected chi connectivity index (χ0v) is 18.7. The number of amides is 2. The second kappa shape index (κ2) is 9.92. The van der Waals surface area contributed by atoms with Gasteiger partial charge in [0.25, 0.3) is 0 Å². The van der Waals surface area contributed by atoms with Gasteiger partial charge < -0.3 is 10.2 Å². The van der Waals surface area contributed by atoms with Gasteiger partial charge in [-0.05, 0) is 47.9 Å². The van der Waals surface area contributed by atoms with Crippen LogP contribution in [0.3, 0.4) is 0 Å². The summed E-state index contributed by atoms with van der Waals surface area (Å²) in [6, 6.07) is 20.6. The van der Waals surface area contributed by atoms with E-state index < -0.39 is 0 Å². The molecule has 0 saturated heterocycles. The topological polar surface area (TPSA) is 49.4 Å². The predicted octanol–water partition coefficient (Wildman–Crippen LogP) is 4.67. The molecule has 2 heterocycles. The van der Waals surface area contributed by atoms with Crippen molar-refractivity contribution in [3.63, 3.8) is 0 Å². The van der Waals surface area contributed by atoms with Crippen LogP contribution in [0.5, 0.6) is 0 Å². The monoisotopic (exact) mass is 432 g/mol. The highest BCUT2D eigenvalue weighted by Crippen LogP contribution is 2.38. The van der Waals surface area contributed by atoms with Gasteiger partial charge in [0.1, 0.15) is 0 Å². The second-order valence-electron chi connectivity index (χ2n) is 8.04. The van der Waals surface area contributed by atoms with Gasteiger partial charge in [0.15, 0.2) is 0 Å². The zero-order chi connectivity index (χ0) is 21.6. The lowest BCUT2D eigenvalue weighted by Crippen LogP contribution is -2.40. The molecule has 2 amide bonds. The van der Waals surface area contributed by atoms with Crippen LogP contribution in [0.4, 0.5) is 0 Å². The highest BCUT2D eigenvalue weighted by Gasteiger charge is 2.32. The lowest BCUT2D eigenvalue weighted by Gasteiger charge is -2.36. The molecular formula is C26H28N2O2S. The minimum Gasteiger partial charge on any atom is -0.356 e. The highest BCUT2D eigenvalue weighted by molar-refractivity contribution is 7.10. The van der Waals surface area contributed by atoms with Crippen LogP contribution >= 0.6 is 11.3 Å². The number of nitrogens with one attached hydrogen (secondary N) is 1. The summed E-state index contributed by atoms with van der Waals surface area (Å²) in [5.74, 6) is -0.0231. The molecule has 4 nitrogen and oxygen atoms in total. The Morgan fingerprint density at radius 1 is 1.03 bits per heavy atom. The molecule has 0 aliphatic carbocycles. The van der Waals surface area contributed by atoms with Crippen LogP contribution in [-0.2, 0) is 22.4 Å². The summed E-state index contributed by atoms with van der Waals surface area (Å²) in [6.45, 7) is 3.35. The third-order valence-corrected chi connectivity index (χ3v) is 6.82. The molecule has 1 N–H and O–H groups in total. The standard InChI is InChI=1S/C26H28N2O2S/c1-19-7-9-21(10-8-19)26-22-15-18-31-23(22)14-17-28(26)25(30)12-11-24(29)27-16-13-20-5-3-2-4-6-20/h2-10,15,18,26H,11-14,16-17H2,1H3,(H,27,29). The average molecular weight is 433 g/mol. The molecule has 2 aromatic carbocycles. The minimum absolute atomic E-state index is 0.0423. The van der Waals surface area contributed by atoms with E-state index in [-0.39, 0.29) is 30.7 Å². The SMILES string of the molecule is Cc1ccc(C2c3ccsc3CCN2C(=O)CCC(=O)NCCc2ccccc2)cc1. The third kappa shape index (κ3) is 5.23. The van der Waals surface area contributed by atoms with Gasteiger partial charge in [-0.15, -0.1) is 11.3 Å². The molecule has 31 heavy (non-hydrogen) atoms. The van der Waals surface area contributed by atoms with E-state index in [1.165, 1.54) is 21.6 Å². The van der Waals surface area contributed by atoms with Gasteiger partial charge >= 0.3 is 0 Å². The number of hydrogen-bond acceptors (Lipinski definition) is 3. The van der Waals surface area contributed by atoms with Gasteiger partial charge in [0.05, 0.1) is 6.04 Å². The van der Waals surface area contributed by atoms with Crippen molar-refractivity contribution in [2.75, 3.05) is 13.1 Å². The van der Waals surface area contributed by atoms with Crippen LogP contribution in [0, 0.1) is 6.92 Å². The van der Waals surface area contributed by atoms with Crippen molar-refractivity contribution >= 4 is 23.2 Å². The summed E-state index contributed by atoms with van der Waals surface area (Å²) in [5.41, 5.74) is 4.75. The van der Waals surface area contributed by atoms with Crippen LogP contribution < -0.4 is 5.32 Å². The number of hydrogen-bond donors (Lipinski definition) is 1. The molecule has 1 aliphatic heterocycles. The van der Waals surface area contributed by atoms with Gasteiger partial charge in [-0.1, -0.05) is 60.2 Å². The van der Waals surface area contributed by atoms with E-state index in [2.05, 4.69) is 60.1 Å². The maximum atomic E-state index is 13.1. The number of thiophene rings is 1. The number of carbonyl (C=O) groups is 2. The maximum absolute atomic E-state index is 13.1. The molecular weight excluding hydrogens is 404 g/mol. The largest absolute Gasteiger partial charge is 0.356 e. The molecule has 5 heteroatoms. The van der Waals surface area contributed by atoms with Crippen LogP contribution in [0.1, 0.15) is 46.0 Å². The Bertz CT molecular complexity index is 1030. The van der Waals surface area contributed by atoms with Crippen molar-refractivity contribution in [2.45, 2.75) is 38.6 Å². The molecule has 160 valence electrons. The van der Waals surface area contributed by atoms with Crippen LogP contribution in [0.2, 0.25) is 0 Å². The number of aryl methyl sites for hydroxylation is 1. The molecule has 1 aliphatic rings. The quantitative estimate of drug-likeness (QED) is 0.590. The van der Waals surface area contributed by atoms with Crippen molar-refractivity contribution in [3.8, 4) is 0 Å². The molecule has 0 fully saturated rings. The van der Waals surface area contributed by atoms with Crippen LogP contribution in [0.15, 0.2) is 66.0 Å². The molecule has 0 radical (unpaired) electrons. The smallest absolute Gasteiger partial charge is 0.223 e. The molecule has 4 rings (SSSR count). The Balaban J connectivity index is 1.36. The second-order valence-corrected chi connectivity index (χ2v) is 9.04. The predicted molar refractivity (Wildman–Crippen MR) is 125 cm³/mol. The van der Waals surface area contributed by atoms with Gasteiger partial charge in [-0.25, -0.2) is 0 Å². The first-order valence-electron chi connectivity index (χ1n) is 10.8. The first-order chi connectivity index (χ1) is 15.1. The lowest BCUT2D eigenvalue weighted by atomic mass is 9.92. The van der Waals surface area contributed by atoms with Crippen molar-refractivity contribution in [3.05, 3.63) is 93.2 Å². The van der Waals surface area contributed by atoms with E-state index in [1.807, 2.05) is 23.1 Å². The van der Waals surface area contributed by atoms with E-state index in [9.17, 15) is 9.59 Å². The molecule has 0 saturated carbocycles. The van der Waals surface area contributed by atoms with Crippen molar-refractivity contribution in [1.29, 1.82) is 0 Å². The number of nitrogens with zero attached hydrogens (tertiary/aromatic N) is 1. The van der Waals surface area contributed by atoms with E-state index >= 15 is 0 Å². The Labute approximate surface area is 187 Å². The van der Waals surface area contributed by atoms with Crippen LogP contribution in [-0.4, -0.2) is 29.8 Å². The Morgan fingerprint density at radius 3 is 2.58 bits per heavy atom. The number of carbonyl (C=O) groups excluding carboxylic acids is 2. The summed E-state index contributed by atoms with van der Waals surface area (Å²) in [7, 11) is 0. The fourth-order valence-corrected chi connectivity index (χ4v) is 5.04. The fourth-order valence-electron chi connectivity index (χ4n) is 4.14. The van der Waals surface area contributed by atoms with Crippen molar-refractivity contribution in [2.24, 2.45) is 0 Å². The first kappa shape index (κ1) is 21.3. The molecule has 3 aromatic rings. The van der Waals surface area contributed by atoms with Crippen LogP contribution in [0.25, 0.3) is 0 Å². The van der Waals surface area contributed by atoms with Gasteiger partial charge in [-0.2, -0.15) is 0 Å². The van der Waals surface area contributed by atoms with E-state index in [4.69, 9.17) is 0 Å². The number of benzene rings is 2. The fraction of sp³-hybridized carbons (Fsp3) is 0.308. The highest BCUT2D eigenvalue weighted by atomic mass is 32.1. The Hall–Kier alpha value is -2.92. The van der Waals surface area contributed by atoms with E-state index in [0.29, 0.717) is 13.1 Å². The van der Waals surface area contributed by atoms with Crippen molar-refractivity contribution in [1.82, 2.24) is 10.2 Å². The first-order valence-corrected chi connectivity index (χ1v) is 11.7. The molecule has 0 spiro atoms. The lowest BCUT2D eigenvalue weighted by molar-refractivity contribution is -0.135. The summed E-state index contributed by atoms with van der Waals surface area (Å²) in [5, 5.41) is 5.05. The summed E-state index contributed by atoms with van der Waals surface area (Å²) < 4.78 is 0. The molecule has 0 bridgehead atoms. The summed E-state index contributed by atoms with van der Waals surface area (Å²) >= 11 is 1.76. The Kier molecular flexibility index (Phi) is 6.82. The molecule has 1 aromatic heterocycles. The summed E-state index contributed by atoms with van der Waals surface area (Å²) in [4.78, 5) is 28.7. The number of rotatable bonds is 7. The number of fused-ring (bicyclic) bond motifs is 1. The Morgan fingerprint density at radius 2 is 1.81 bits per heavy atom. The molecule has 1 atom stereocenters. The van der Waals surface area contributed by atoms with Gasteiger partial charge in [0.2, 0.25) is 11.8 Å². The zero-order valence-electron chi connectivity index (χ0n) is 17.8. The minimum atomic E-state index is -0.0655. The normalized spacial score (nSPS) is 15.4. The average Bonchev–Trinajstić information content (AvgIpc) is 3.27.